The largest absolute Gasteiger partial charge is 0.478 e. The molecule has 10 heteroatoms. The van der Waals surface area contributed by atoms with E-state index in [1.54, 1.807) is 0 Å². The number of nitrogens with two attached hydrogens (primary N) is 1. The second-order valence-corrected chi connectivity index (χ2v) is 4.73. The predicted octanol–water partition coefficient (Wildman–Crippen LogP) is 1.52. The Bertz CT molecular complexity index is 935. The van der Waals surface area contributed by atoms with Crippen molar-refractivity contribution in [2.45, 2.75) is 0 Å². The Morgan fingerprint density at radius 3 is 2.67 bits per heavy atom. The van der Waals surface area contributed by atoms with Gasteiger partial charge < -0.3 is 10.8 Å². The van der Waals surface area contributed by atoms with E-state index in [0.29, 0.717) is 11.4 Å². The van der Waals surface area contributed by atoms with E-state index in [4.69, 9.17) is 10.8 Å². The molecule has 3 heterocycles. The van der Waals surface area contributed by atoms with Crippen molar-refractivity contribution in [1.82, 2.24) is 19.7 Å². The summed E-state index contributed by atoms with van der Waals surface area (Å²) in [6, 6.07) is 4.34. The molecule has 0 atom stereocenters. The summed E-state index contributed by atoms with van der Waals surface area (Å²) >= 11 is 0. The fourth-order valence-corrected chi connectivity index (χ4v) is 2.13. The maximum absolute atomic E-state index is 11.2. The van der Waals surface area contributed by atoms with Gasteiger partial charge in [0.05, 0.1) is 22.2 Å². The number of anilines is 1. The van der Waals surface area contributed by atoms with Crippen molar-refractivity contribution < 1.29 is 14.8 Å². The second-order valence-electron chi connectivity index (χ2n) is 4.73. The lowest BCUT2D eigenvalue weighted by molar-refractivity contribution is -0.383. The fraction of sp³-hybridized carbons (Fsp3) is 0. The van der Waals surface area contributed by atoms with Gasteiger partial charge in [-0.25, -0.2) is 19.4 Å². The highest BCUT2D eigenvalue weighted by molar-refractivity contribution is 5.87. The third-order valence-electron chi connectivity index (χ3n) is 3.26. The summed E-state index contributed by atoms with van der Waals surface area (Å²) in [5.74, 6) is -0.900. The number of aromatic carboxylic acids is 1. The van der Waals surface area contributed by atoms with Gasteiger partial charge >= 0.3 is 11.7 Å². The molecule has 3 aromatic heterocycles. The lowest BCUT2D eigenvalue weighted by atomic mass is 10.1. The molecule has 0 aliphatic carbocycles. The lowest BCUT2D eigenvalue weighted by Gasteiger charge is -2.02. The summed E-state index contributed by atoms with van der Waals surface area (Å²) in [4.78, 5) is 29.1. The van der Waals surface area contributed by atoms with E-state index in [1.807, 2.05) is 0 Å². The number of carbonyl (C=O) groups is 1. The highest BCUT2D eigenvalue weighted by atomic mass is 16.6. The number of hydrogen-bond donors (Lipinski definition) is 2. The zero-order chi connectivity index (χ0) is 17.3. The number of carboxylic acids is 1. The number of pyridine rings is 2. The van der Waals surface area contributed by atoms with Crippen LogP contribution in [0.4, 0.5) is 11.5 Å². The summed E-state index contributed by atoms with van der Waals surface area (Å²) < 4.78 is 1.38. The number of rotatable bonds is 4. The van der Waals surface area contributed by atoms with Gasteiger partial charge in [0.1, 0.15) is 0 Å². The fourth-order valence-electron chi connectivity index (χ4n) is 2.13. The number of nitrogen functional groups attached to an aromatic ring is 1. The highest BCUT2D eigenvalue weighted by Crippen LogP contribution is 2.32. The molecular weight excluding hydrogens is 316 g/mol. The van der Waals surface area contributed by atoms with E-state index in [9.17, 15) is 14.9 Å². The molecule has 0 radical (unpaired) electrons. The summed E-state index contributed by atoms with van der Waals surface area (Å²) in [6.07, 6.45) is 5.53. The standard InChI is InChI=1S/C14H10N6O4/c15-13-12(20(23)24)10(3-4-16-13)9-6-18-19(7-9)11-2-1-8(5-17-11)14(21)22/h1-7H,(H2,15,16)(H,21,22). The molecular formula is C14H10N6O4. The Hall–Kier alpha value is -3.82. The minimum atomic E-state index is -1.09. The van der Waals surface area contributed by atoms with Crippen molar-refractivity contribution in [2.75, 3.05) is 5.73 Å². The molecule has 3 rings (SSSR count). The molecule has 3 aromatic rings. The van der Waals surface area contributed by atoms with Gasteiger partial charge in [0.15, 0.2) is 5.82 Å². The molecule has 0 bridgehead atoms. The molecule has 10 nitrogen and oxygen atoms in total. The van der Waals surface area contributed by atoms with E-state index in [2.05, 4.69) is 15.1 Å². The predicted molar refractivity (Wildman–Crippen MR) is 82.6 cm³/mol. The SMILES string of the molecule is Nc1nccc(-c2cnn(-c3ccc(C(=O)O)cn3)c2)c1[N+](=O)[O-]. The minimum absolute atomic E-state index is 0.0451. The molecule has 0 amide bonds. The van der Waals surface area contributed by atoms with Gasteiger partial charge in [0, 0.05) is 24.2 Å². The first-order chi connectivity index (χ1) is 11.5. The Morgan fingerprint density at radius 2 is 2.04 bits per heavy atom. The van der Waals surface area contributed by atoms with Crippen LogP contribution in [0.2, 0.25) is 0 Å². The molecule has 0 aromatic carbocycles. The topological polar surface area (TPSA) is 150 Å². The average Bonchev–Trinajstić information content (AvgIpc) is 3.04. The van der Waals surface area contributed by atoms with Crippen molar-refractivity contribution in [3.05, 3.63) is 58.7 Å². The van der Waals surface area contributed by atoms with Gasteiger partial charge in [-0.2, -0.15) is 5.10 Å². The van der Waals surface area contributed by atoms with E-state index in [0.717, 1.165) is 0 Å². The number of nitro groups is 1. The maximum Gasteiger partial charge on any atom is 0.337 e. The van der Waals surface area contributed by atoms with Gasteiger partial charge in [-0.1, -0.05) is 0 Å². The van der Waals surface area contributed by atoms with Crippen molar-refractivity contribution in [3.63, 3.8) is 0 Å². The highest BCUT2D eigenvalue weighted by Gasteiger charge is 2.21. The summed E-state index contributed by atoms with van der Waals surface area (Å²) in [6.45, 7) is 0. The average molecular weight is 326 g/mol. The van der Waals surface area contributed by atoms with E-state index in [1.165, 1.54) is 47.7 Å². The monoisotopic (exact) mass is 326 g/mol. The normalized spacial score (nSPS) is 10.5. The number of aromatic nitrogens is 4. The second kappa shape index (κ2) is 5.76. The first kappa shape index (κ1) is 15.1. The Balaban J connectivity index is 2.01. The van der Waals surface area contributed by atoms with Gasteiger partial charge in [-0.3, -0.25) is 10.1 Å². The molecule has 3 N–H and O–H groups in total. The molecule has 0 spiro atoms. The quantitative estimate of drug-likeness (QED) is 0.541. The van der Waals surface area contributed by atoms with Gasteiger partial charge in [0.2, 0.25) is 5.82 Å². The van der Waals surface area contributed by atoms with Gasteiger partial charge in [-0.05, 0) is 18.2 Å². The van der Waals surface area contributed by atoms with E-state index in [-0.39, 0.29) is 22.6 Å². The van der Waals surface area contributed by atoms with Crippen molar-refractivity contribution in [3.8, 4) is 16.9 Å². The minimum Gasteiger partial charge on any atom is -0.478 e. The first-order valence-electron chi connectivity index (χ1n) is 6.61. The number of nitrogens with zero attached hydrogens (tertiary/aromatic N) is 5. The van der Waals surface area contributed by atoms with Crippen molar-refractivity contribution >= 4 is 17.5 Å². The van der Waals surface area contributed by atoms with Crippen LogP contribution in [-0.4, -0.2) is 35.7 Å². The van der Waals surface area contributed by atoms with Crippen LogP contribution in [-0.2, 0) is 0 Å². The summed E-state index contributed by atoms with van der Waals surface area (Å²) in [5.41, 5.74) is 6.06. The van der Waals surface area contributed by atoms with Crippen LogP contribution < -0.4 is 5.73 Å². The Morgan fingerprint density at radius 1 is 1.25 bits per heavy atom. The number of carboxylic acid groups (broad SMARTS) is 1. The van der Waals surface area contributed by atoms with E-state index >= 15 is 0 Å². The third kappa shape index (κ3) is 2.63. The van der Waals surface area contributed by atoms with Crippen LogP contribution in [0.5, 0.6) is 0 Å². The molecule has 0 fully saturated rings. The molecule has 120 valence electrons. The maximum atomic E-state index is 11.2. The van der Waals surface area contributed by atoms with Crippen LogP contribution in [0, 0.1) is 10.1 Å². The van der Waals surface area contributed by atoms with Gasteiger partial charge in [0.25, 0.3) is 0 Å². The molecule has 0 aliphatic rings. The van der Waals surface area contributed by atoms with E-state index < -0.39 is 10.9 Å². The van der Waals surface area contributed by atoms with Crippen molar-refractivity contribution in [2.24, 2.45) is 0 Å². The Kier molecular flexibility index (Phi) is 3.62. The molecule has 24 heavy (non-hydrogen) atoms. The smallest absolute Gasteiger partial charge is 0.337 e. The molecule has 0 saturated carbocycles. The zero-order valence-corrected chi connectivity index (χ0v) is 12.0. The number of hydrogen-bond acceptors (Lipinski definition) is 7. The van der Waals surface area contributed by atoms with Crippen LogP contribution in [0.15, 0.2) is 43.0 Å². The Labute approximate surface area is 134 Å². The van der Waals surface area contributed by atoms with Crippen LogP contribution in [0.25, 0.3) is 16.9 Å². The third-order valence-corrected chi connectivity index (χ3v) is 3.26. The summed E-state index contributed by atoms with van der Waals surface area (Å²) in [5, 5.41) is 24.1. The molecule has 0 unspecified atom stereocenters. The van der Waals surface area contributed by atoms with Crippen LogP contribution >= 0.6 is 0 Å². The lowest BCUT2D eigenvalue weighted by Crippen LogP contribution is -2.01. The molecule has 0 saturated heterocycles. The van der Waals surface area contributed by atoms with Gasteiger partial charge in [-0.15, -0.1) is 0 Å². The van der Waals surface area contributed by atoms with Crippen molar-refractivity contribution in [1.29, 1.82) is 0 Å². The first-order valence-corrected chi connectivity index (χ1v) is 6.61. The van der Waals surface area contributed by atoms with Crippen LogP contribution in [0.3, 0.4) is 0 Å². The summed E-state index contributed by atoms with van der Waals surface area (Å²) in [7, 11) is 0. The molecule has 0 aliphatic heterocycles. The zero-order valence-electron chi connectivity index (χ0n) is 12.0. The van der Waals surface area contributed by atoms with Crippen LogP contribution in [0.1, 0.15) is 10.4 Å².